The highest BCUT2D eigenvalue weighted by molar-refractivity contribution is 7.90. The SMILES string of the molecule is CCCCS(=O)(=O)Cc1ccc(CO)cc1. The van der Waals surface area contributed by atoms with Gasteiger partial charge >= 0.3 is 0 Å². The Morgan fingerprint density at radius 2 is 1.69 bits per heavy atom. The summed E-state index contributed by atoms with van der Waals surface area (Å²) in [6.07, 6.45) is 1.61. The van der Waals surface area contributed by atoms with Crippen molar-refractivity contribution >= 4 is 9.84 Å². The molecule has 3 nitrogen and oxygen atoms in total. The van der Waals surface area contributed by atoms with Crippen LogP contribution in [0, 0.1) is 0 Å². The third-order valence-electron chi connectivity index (χ3n) is 2.40. The predicted molar refractivity (Wildman–Crippen MR) is 64.8 cm³/mol. The molecular weight excluding hydrogens is 224 g/mol. The van der Waals surface area contributed by atoms with E-state index in [0.29, 0.717) is 0 Å². The zero-order valence-electron chi connectivity index (χ0n) is 9.52. The minimum absolute atomic E-state index is 0.0110. The second-order valence-electron chi connectivity index (χ2n) is 3.92. The Bertz CT molecular complexity index is 406. The van der Waals surface area contributed by atoms with Gasteiger partial charge in [0.05, 0.1) is 18.1 Å². The molecule has 90 valence electrons. The molecule has 1 aromatic rings. The molecular formula is C12H18O3S. The fourth-order valence-corrected chi connectivity index (χ4v) is 3.00. The summed E-state index contributed by atoms with van der Waals surface area (Å²) >= 11 is 0. The van der Waals surface area contributed by atoms with E-state index < -0.39 is 9.84 Å². The summed E-state index contributed by atoms with van der Waals surface area (Å²) in [5.41, 5.74) is 1.59. The van der Waals surface area contributed by atoms with Crippen molar-refractivity contribution in [2.45, 2.75) is 32.1 Å². The molecule has 0 atom stereocenters. The van der Waals surface area contributed by atoms with Gasteiger partial charge in [-0.2, -0.15) is 0 Å². The third kappa shape index (κ3) is 4.33. The molecule has 0 aliphatic rings. The van der Waals surface area contributed by atoms with E-state index in [2.05, 4.69) is 0 Å². The summed E-state index contributed by atoms with van der Waals surface area (Å²) in [7, 11) is -2.98. The maximum absolute atomic E-state index is 11.7. The first-order chi connectivity index (χ1) is 7.57. The standard InChI is InChI=1S/C12H18O3S/c1-2-3-8-16(14,15)10-12-6-4-11(9-13)5-7-12/h4-7,13H,2-3,8-10H2,1H3. The first-order valence-electron chi connectivity index (χ1n) is 5.46. The number of hydrogen-bond donors (Lipinski definition) is 1. The largest absolute Gasteiger partial charge is 0.392 e. The Labute approximate surface area is 97.0 Å². The van der Waals surface area contributed by atoms with E-state index >= 15 is 0 Å². The van der Waals surface area contributed by atoms with Gasteiger partial charge in [-0.05, 0) is 17.5 Å². The average molecular weight is 242 g/mol. The van der Waals surface area contributed by atoms with E-state index in [-0.39, 0.29) is 18.1 Å². The van der Waals surface area contributed by atoms with Gasteiger partial charge in [0.15, 0.2) is 9.84 Å². The van der Waals surface area contributed by atoms with Crippen molar-refractivity contribution in [1.29, 1.82) is 0 Å². The van der Waals surface area contributed by atoms with Crippen molar-refractivity contribution in [3.05, 3.63) is 35.4 Å². The van der Waals surface area contributed by atoms with Crippen LogP contribution in [0.4, 0.5) is 0 Å². The fourth-order valence-electron chi connectivity index (χ4n) is 1.43. The van der Waals surface area contributed by atoms with Crippen molar-refractivity contribution in [2.24, 2.45) is 0 Å². The lowest BCUT2D eigenvalue weighted by atomic mass is 10.2. The summed E-state index contributed by atoms with van der Waals surface area (Å²) in [5, 5.41) is 8.86. The van der Waals surface area contributed by atoms with Gasteiger partial charge in [0.25, 0.3) is 0 Å². The molecule has 0 unspecified atom stereocenters. The molecule has 0 radical (unpaired) electrons. The molecule has 1 rings (SSSR count). The summed E-state index contributed by atoms with van der Waals surface area (Å²) in [4.78, 5) is 0. The van der Waals surface area contributed by atoms with Gasteiger partial charge in [-0.3, -0.25) is 0 Å². The van der Waals surface area contributed by atoms with Gasteiger partial charge in [0.1, 0.15) is 0 Å². The smallest absolute Gasteiger partial charge is 0.154 e. The zero-order chi connectivity index (χ0) is 12.0. The van der Waals surface area contributed by atoms with Crippen molar-refractivity contribution < 1.29 is 13.5 Å². The molecule has 0 aromatic heterocycles. The van der Waals surface area contributed by atoms with Crippen LogP contribution in [0.2, 0.25) is 0 Å². The topological polar surface area (TPSA) is 54.4 Å². The van der Waals surface area contributed by atoms with Crippen LogP contribution in [0.3, 0.4) is 0 Å². The monoisotopic (exact) mass is 242 g/mol. The molecule has 0 heterocycles. The van der Waals surface area contributed by atoms with E-state index in [4.69, 9.17) is 5.11 Å². The van der Waals surface area contributed by atoms with Gasteiger partial charge in [0.2, 0.25) is 0 Å². The maximum atomic E-state index is 11.7. The second kappa shape index (κ2) is 6.01. The molecule has 0 saturated heterocycles. The molecule has 0 bridgehead atoms. The van der Waals surface area contributed by atoms with Crippen molar-refractivity contribution in [3.8, 4) is 0 Å². The molecule has 1 N–H and O–H groups in total. The lowest BCUT2D eigenvalue weighted by Gasteiger charge is -2.04. The Kier molecular flexibility index (Phi) is 4.96. The van der Waals surface area contributed by atoms with Crippen LogP contribution in [0.5, 0.6) is 0 Å². The highest BCUT2D eigenvalue weighted by Crippen LogP contribution is 2.10. The molecule has 0 fully saturated rings. The Morgan fingerprint density at radius 1 is 1.12 bits per heavy atom. The first-order valence-corrected chi connectivity index (χ1v) is 7.28. The summed E-state index contributed by atoms with van der Waals surface area (Å²) in [6, 6.07) is 7.03. The minimum Gasteiger partial charge on any atom is -0.392 e. The number of unbranched alkanes of at least 4 members (excludes halogenated alkanes) is 1. The van der Waals surface area contributed by atoms with Crippen molar-refractivity contribution in [3.63, 3.8) is 0 Å². The normalized spacial score (nSPS) is 11.6. The summed E-state index contributed by atoms with van der Waals surface area (Å²) < 4.78 is 23.3. The van der Waals surface area contributed by atoms with Crippen LogP contribution in [-0.4, -0.2) is 19.3 Å². The first kappa shape index (κ1) is 13.2. The molecule has 0 amide bonds. The molecule has 0 spiro atoms. The molecule has 16 heavy (non-hydrogen) atoms. The van der Waals surface area contributed by atoms with Gasteiger partial charge in [-0.25, -0.2) is 8.42 Å². The summed E-state index contributed by atoms with van der Waals surface area (Å²) in [5.74, 6) is 0.351. The molecule has 4 heteroatoms. The van der Waals surface area contributed by atoms with Crippen molar-refractivity contribution in [1.82, 2.24) is 0 Å². The molecule has 0 saturated carbocycles. The molecule has 1 aromatic carbocycles. The zero-order valence-corrected chi connectivity index (χ0v) is 10.3. The third-order valence-corrected chi connectivity index (χ3v) is 4.08. The Morgan fingerprint density at radius 3 is 2.19 bits per heavy atom. The number of aliphatic hydroxyl groups excluding tert-OH is 1. The number of rotatable bonds is 6. The van der Waals surface area contributed by atoms with E-state index in [9.17, 15) is 8.42 Å². The lowest BCUT2D eigenvalue weighted by molar-refractivity contribution is 0.282. The molecule has 0 aliphatic carbocycles. The predicted octanol–water partition coefficient (Wildman–Crippen LogP) is 1.89. The van der Waals surface area contributed by atoms with Gasteiger partial charge in [-0.15, -0.1) is 0 Å². The van der Waals surface area contributed by atoms with Crippen LogP contribution >= 0.6 is 0 Å². The Balaban J connectivity index is 2.65. The van der Waals surface area contributed by atoms with E-state index in [1.54, 1.807) is 24.3 Å². The fraction of sp³-hybridized carbons (Fsp3) is 0.500. The van der Waals surface area contributed by atoms with Gasteiger partial charge in [-0.1, -0.05) is 37.6 Å². The number of hydrogen-bond acceptors (Lipinski definition) is 3. The number of sulfone groups is 1. The lowest BCUT2D eigenvalue weighted by Crippen LogP contribution is -2.09. The van der Waals surface area contributed by atoms with E-state index in [1.165, 1.54) is 0 Å². The quantitative estimate of drug-likeness (QED) is 0.829. The van der Waals surface area contributed by atoms with Gasteiger partial charge in [0, 0.05) is 0 Å². The van der Waals surface area contributed by atoms with Crippen LogP contribution in [0.15, 0.2) is 24.3 Å². The number of aliphatic hydroxyl groups is 1. The summed E-state index contributed by atoms with van der Waals surface area (Å²) in [6.45, 7) is 1.97. The van der Waals surface area contributed by atoms with Crippen molar-refractivity contribution in [2.75, 3.05) is 5.75 Å². The average Bonchev–Trinajstić information content (AvgIpc) is 2.27. The van der Waals surface area contributed by atoms with E-state index in [1.807, 2.05) is 6.92 Å². The van der Waals surface area contributed by atoms with Crippen LogP contribution in [0.25, 0.3) is 0 Å². The number of benzene rings is 1. The molecule has 0 aliphatic heterocycles. The second-order valence-corrected chi connectivity index (χ2v) is 6.10. The Hall–Kier alpha value is -0.870. The van der Waals surface area contributed by atoms with Gasteiger partial charge < -0.3 is 5.11 Å². The highest BCUT2D eigenvalue weighted by Gasteiger charge is 2.10. The van der Waals surface area contributed by atoms with E-state index in [0.717, 1.165) is 24.0 Å². The van der Waals surface area contributed by atoms with Crippen LogP contribution < -0.4 is 0 Å². The highest BCUT2D eigenvalue weighted by atomic mass is 32.2. The maximum Gasteiger partial charge on any atom is 0.154 e. The van der Waals surface area contributed by atoms with Crippen LogP contribution in [0.1, 0.15) is 30.9 Å². The van der Waals surface area contributed by atoms with Crippen LogP contribution in [-0.2, 0) is 22.2 Å². The minimum atomic E-state index is -2.98.